The monoisotopic (exact) mass is 541 g/mol. The fourth-order valence-electron chi connectivity index (χ4n) is 4.67. The first-order valence-electron chi connectivity index (χ1n) is 12.3. The smallest absolute Gasteiger partial charge is 0.348 e. The molecule has 1 saturated carbocycles. The Morgan fingerprint density at radius 2 is 1.89 bits per heavy atom. The molecule has 0 unspecified atom stereocenters. The Kier molecular flexibility index (Phi) is 8.29. The molecule has 4 rings (SSSR count). The number of carbonyl (C=O) groups excluding carboxylic acids is 2. The molecule has 2 heterocycles. The third kappa shape index (κ3) is 5.86. The second-order valence-corrected chi connectivity index (χ2v) is 11.4. The third-order valence-corrected chi connectivity index (χ3v) is 8.43. The maximum atomic E-state index is 13.6. The summed E-state index contributed by atoms with van der Waals surface area (Å²) >= 11 is 2.45. The van der Waals surface area contributed by atoms with E-state index in [0.29, 0.717) is 33.6 Å². The first-order chi connectivity index (χ1) is 17.7. The average molecular weight is 542 g/mol. The van der Waals surface area contributed by atoms with Gasteiger partial charge < -0.3 is 20.1 Å². The number of benzene rings is 1. The first kappa shape index (κ1) is 26.8. The van der Waals surface area contributed by atoms with Crippen LogP contribution in [0.15, 0.2) is 35.2 Å². The number of carbonyl (C=O) groups is 3. The van der Waals surface area contributed by atoms with E-state index in [1.807, 2.05) is 13.8 Å². The fraction of sp³-hybridized carbons (Fsp3) is 0.407. The second-order valence-electron chi connectivity index (χ2n) is 9.63. The van der Waals surface area contributed by atoms with Gasteiger partial charge in [0.25, 0.3) is 5.91 Å². The highest BCUT2D eigenvalue weighted by molar-refractivity contribution is 7.18. The molecule has 2 amide bonds. The number of ether oxygens (including phenoxy) is 1. The summed E-state index contributed by atoms with van der Waals surface area (Å²) in [5.41, 5.74) is 3.53. The number of rotatable bonds is 8. The van der Waals surface area contributed by atoms with E-state index in [1.54, 1.807) is 40.1 Å². The Hall–Kier alpha value is -3.24. The van der Waals surface area contributed by atoms with Crippen LogP contribution >= 0.6 is 22.7 Å². The molecular formula is C27H31N3O5S2. The fourth-order valence-corrected chi connectivity index (χ4v) is 6.19. The van der Waals surface area contributed by atoms with Crippen molar-refractivity contribution >= 4 is 51.8 Å². The van der Waals surface area contributed by atoms with Gasteiger partial charge in [-0.25, -0.2) is 9.78 Å². The Morgan fingerprint density at radius 1 is 1.16 bits per heavy atom. The van der Waals surface area contributed by atoms with E-state index in [0.717, 1.165) is 42.6 Å². The number of thiazole rings is 1. The van der Waals surface area contributed by atoms with Gasteiger partial charge in [-0.1, -0.05) is 13.0 Å². The number of aromatic carboxylic acids is 1. The number of thiophene rings is 1. The van der Waals surface area contributed by atoms with Crippen LogP contribution < -0.4 is 15.0 Å². The van der Waals surface area contributed by atoms with Crippen LogP contribution in [-0.2, 0) is 4.79 Å². The predicted molar refractivity (Wildman–Crippen MR) is 147 cm³/mol. The minimum absolute atomic E-state index is 0.00793. The Bertz CT molecular complexity index is 1280. The van der Waals surface area contributed by atoms with Gasteiger partial charge in [-0.3, -0.25) is 9.59 Å². The molecular weight excluding hydrogens is 510 g/mol. The van der Waals surface area contributed by atoms with Crippen LogP contribution in [0.1, 0.15) is 66.6 Å². The quantitative estimate of drug-likeness (QED) is 0.342. The van der Waals surface area contributed by atoms with Crippen LogP contribution in [0.25, 0.3) is 10.4 Å². The minimum atomic E-state index is -1.07. The number of aromatic nitrogens is 1. The molecule has 2 aromatic heterocycles. The summed E-state index contributed by atoms with van der Waals surface area (Å²) in [5, 5.41) is 14.5. The van der Waals surface area contributed by atoms with Gasteiger partial charge in [-0.2, -0.15) is 0 Å². The topological polar surface area (TPSA) is 109 Å². The molecule has 10 heteroatoms. The lowest BCUT2D eigenvalue weighted by atomic mass is 9.82. The molecule has 2 N–H and O–H groups in total. The van der Waals surface area contributed by atoms with Gasteiger partial charge in [0.1, 0.15) is 16.3 Å². The van der Waals surface area contributed by atoms with E-state index in [-0.39, 0.29) is 28.7 Å². The lowest BCUT2D eigenvalue weighted by Gasteiger charge is -2.33. The number of anilines is 2. The average Bonchev–Trinajstić information content (AvgIpc) is 3.56. The highest BCUT2D eigenvalue weighted by atomic mass is 32.1. The summed E-state index contributed by atoms with van der Waals surface area (Å²) in [5.74, 6) is -0.469. The van der Waals surface area contributed by atoms with Crippen LogP contribution in [0.4, 0.5) is 11.4 Å². The van der Waals surface area contributed by atoms with Crippen molar-refractivity contribution in [1.29, 1.82) is 0 Å². The van der Waals surface area contributed by atoms with Gasteiger partial charge >= 0.3 is 5.97 Å². The molecule has 1 fully saturated rings. The highest BCUT2D eigenvalue weighted by Crippen LogP contribution is 2.41. The lowest BCUT2D eigenvalue weighted by Crippen LogP contribution is -2.42. The van der Waals surface area contributed by atoms with E-state index in [4.69, 9.17) is 4.74 Å². The molecule has 196 valence electrons. The van der Waals surface area contributed by atoms with Crippen molar-refractivity contribution in [2.75, 3.05) is 17.3 Å². The van der Waals surface area contributed by atoms with Crippen LogP contribution in [-0.4, -0.2) is 41.0 Å². The summed E-state index contributed by atoms with van der Waals surface area (Å²) in [7, 11) is 1.50. The number of amides is 2. The molecule has 3 aromatic rings. The van der Waals surface area contributed by atoms with Gasteiger partial charge in [0.15, 0.2) is 0 Å². The number of hydrogen-bond donors (Lipinski definition) is 2. The second kappa shape index (κ2) is 11.4. The zero-order valence-corrected chi connectivity index (χ0v) is 22.9. The van der Waals surface area contributed by atoms with Crippen molar-refractivity contribution < 1.29 is 24.2 Å². The molecule has 0 aliphatic heterocycles. The van der Waals surface area contributed by atoms with Crippen LogP contribution in [0.2, 0.25) is 0 Å². The summed E-state index contributed by atoms with van der Waals surface area (Å²) in [4.78, 5) is 44.8. The van der Waals surface area contributed by atoms with E-state index in [9.17, 15) is 19.5 Å². The molecule has 0 atom stereocenters. The number of nitrogens with one attached hydrogen (secondary N) is 1. The van der Waals surface area contributed by atoms with Gasteiger partial charge in [-0.05, 0) is 69.2 Å². The summed E-state index contributed by atoms with van der Waals surface area (Å²) < 4.78 is 5.51. The maximum Gasteiger partial charge on any atom is 0.348 e. The predicted octanol–water partition coefficient (Wildman–Crippen LogP) is 6.40. The van der Waals surface area contributed by atoms with Gasteiger partial charge in [0, 0.05) is 22.2 Å². The van der Waals surface area contributed by atoms with Crippen molar-refractivity contribution in [3.63, 3.8) is 0 Å². The molecule has 0 saturated heterocycles. The van der Waals surface area contributed by atoms with E-state index < -0.39 is 5.97 Å². The van der Waals surface area contributed by atoms with Gasteiger partial charge in [0.2, 0.25) is 5.91 Å². The Labute approximate surface area is 224 Å². The number of methoxy groups -OCH3 is 1. The molecule has 0 radical (unpaired) electrons. The van der Waals surface area contributed by atoms with Crippen LogP contribution in [0, 0.1) is 11.8 Å². The van der Waals surface area contributed by atoms with Crippen LogP contribution in [0.5, 0.6) is 5.75 Å². The zero-order chi connectivity index (χ0) is 26.7. The summed E-state index contributed by atoms with van der Waals surface area (Å²) in [6.07, 6.45) is 3.67. The molecule has 1 aliphatic rings. The van der Waals surface area contributed by atoms with Gasteiger partial charge in [-0.15, -0.1) is 22.7 Å². The molecule has 37 heavy (non-hydrogen) atoms. The molecule has 0 bridgehead atoms. The van der Waals surface area contributed by atoms with Crippen molar-refractivity contribution in [2.24, 2.45) is 11.8 Å². The van der Waals surface area contributed by atoms with Crippen molar-refractivity contribution in [2.45, 2.75) is 52.5 Å². The largest absolute Gasteiger partial charge is 0.495 e. The van der Waals surface area contributed by atoms with E-state index >= 15 is 0 Å². The van der Waals surface area contributed by atoms with Gasteiger partial charge in [0.05, 0.1) is 24.0 Å². The van der Waals surface area contributed by atoms with Crippen molar-refractivity contribution in [3.8, 4) is 16.2 Å². The summed E-state index contributed by atoms with van der Waals surface area (Å²) in [6, 6.07) is 6.85. The van der Waals surface area contributed by atoms with E-state index in [2.05, 4.69) is 17.2 Å². The normalized spacial score (nSPS) is 17.4. The number of hydrogen-bond acceptors (Lipinski definition) is 7. The standard InChI is InChI=1S/C27H31N3O5S2/c1-15(2)30(26(32)17-7-5-16(3)6-8-17)21-12-23(37-24(21)27(33)34)18-9-10-19(22(11-18)35-4)29-25(31)20-13-36-14-28-20/h9-17H,5-8H2,1-4H3,(H,29,31)(H,33,34)/t16-,17-. The SMILES string of the molecule is COc1cc(-c2cc(N(C(=O)[C@H]3CC[C@H](C)CC3)C(C)C)c(C(=O)O)s2)ccc1NC(=O)c1cscn1. The number of carboxylic acids is 1. The maximum absolute atomic E-state index is 13.6. The highest BCUT2D eigenvalue weighted by Gasteiger charge is 2.33. The molecule has 8 nitrogen and oxygen atoms in total. The van der Waals surface area contributed by atoms with E-state index in [1.165, 1.54) is 18.4 Å². The van der Waals surface area contributed by atoms with Crippen molar-refractivity contribution in [3.05, 3.63) is 45.7 Å². The number of carboxylic acid groups (broad SMARTS) is 1. The zero-order valence-electron chi connectivity index (χ0n) is 21.3. The number of nitrogens with zero attached hydrogens (tertiary/aromatic N) is 2. The lowest BCUT2D eigenvalue weighted by molar-refractivity contribution is -0.123. The molecule has 1 aliphatic carbocycles. The van der Waals surface area contributed by atoms with Crippen LogP contribution in [0.3, 0.4) is 0 Å². The third-order valence-electron chi connectivity index (χ3n) is 6.68. The Morgan fingerprint density at radius 3 is 2.49 bits per heavy atom. The minimum Gasteiger partial charge on any atom is -0.495 e. The van der Waals surface area contributed by atoms with Crippen molar-refractivity contribution in [1.82, 2.24) is 4.98 Å². The summed E-state index contributed by atoms with van der Waals surface area (Å²) in [6.45, 7) is 6.03. The Balaban J connectivity index is 1.66. The molecule has 0 spiro atoms. The molecule has 1 aromatic carbocycles. The first-order valence-corrected chi connectivity index (χ1v) is 14.0.